The van der Waals surface area contributed by atoms with E-state index in [4.69, 9.17) is 19.3 Å². The lowest BCUT2D eigenvalue weighted by Gasteiger charge is -2.12. The van der Waals surface area contributed by atoms with Gasteiger partial charge in [-0.05, 0) is 47.9 Å². The summed E-state index contributed by atoms with van der Waals surface area (Å²) in [7, 11) is 3.18. The minimum atomic E-state index is -0.915. The third-order valence-electron chi connectivity index (χ3n) is 3.74. The summed E-state index contributed by atoms with van der Waals surface area (Å²) in [5.41, 5.74) is 2.10. The van der Waals surface area contributed by atoms with E-state index in [1.807, 2.05) is 37.3 Å². The van der Waals surface area contributed by atoms with E-state index in [1.165, 1.54) is 0 Å². The summed E-state index contributed by atoms with van der Waals surface area (Å²) in [4.78, 5) is 11.1. The standard InChI is InChI=1S/C20H22O5/c1-4-16(20(21)22)11-15-7-10-18(19(12-15)24-3)25-13-14-5-8-17(23-2)9-6-14/h5-12H,4,13H2,1-3H3,(H,21,22)/b16-11-. The second-order valence-electron chi connectivity index (χ2n) is 5.38. The molecule has 0 atom stereocenters. The van der Waals surface area contributed by atoms with E-state index in [0.717, 1.165) is 16.9 Å². The molecule has 0 spiro atoms. The molecule has 132 valence electrons. The highest BCUT2D eigenvalue weighted by molar-refractivity contribution is 5.92. The van der Waals surface area contributed by atoms with Crippen LogP contribution < -0.4 is 14.2 Å². The normalized spacial score (nSPS) is 11.1. The van der Waals surface area contributed by atoms with Gasteiger partial charge >= 0.3 is 5.97 Å². The van der Waals surface area contributed by atoms with Gasteiger partial charge in [-0.25, -0.2) is 4.79 Å². The largest absolute Gasteiger partial charge is 0.497 e. The third-order valence-corrected chi connectivity index (χ3v) is 3.74. The van der Waals surface area contributed by atoms with Gasteiger partial charge in [-0.3, -0.25) is 0 Å². The van der Waals surface area contributed by atoms with Crippen molar-refractivity contribution in [2.24, 2.45) is 0 Å². The molecule has 2 aromatic rings. The number of aliphatic carboxylic acids is 1. The van der Waals surface area contributed by atoms with E-state index in [2.05, 4.69) is 0 Å². The summed E-state index contributed by atoms with van der Waals surface area (Å²) in [6.45, 7) is 2.20. The first kappa shape index (κ1) is 18.4. The average Bonchev–Trinajstić information content (AvgIpc) is 2.64. The molecule has 0 aliphatic carbocycles. The second-order valence-corrected chi connectivity index (χ2v) is 5.38. The number of carbonyl (C=O) groups is 1. The van der Waals surface area contributed by atoms with Crippen LogP contribution in [0.4, 0.5) is 0 Å². The molecular weight excluding hydrogens is 320 g/mol. The molecule has 25 heavy (non-hydrogen) atoms. The fourth-order valence-electron chi connectivity index (χ4n) is 2.29. The Balaban J connectivity index is 2.14. The van der Waals surface area contributed by atoms with Crippen LogP contribution in [0.2, 0.25) is 0 Å². The van der Waals surface area contributed by atoms with Crippen LogP contribution in [0.15, 0.2) is 48.0 Å². The summed E-state index contributed by atoms with van der Waals surface area (Å²) < 4.78 is 16.3. The highest BCUT2D eigenvalue weighted by Gasteiger charge is 2.08. The van der Waals surface area contributed by atoms with Gasteiger partial charge in [-0.15, -0.1) is 0 Å². The van der Waals surface area contributed by atoms with Crippen LogP contribution in [0.25, 0.3) is 6.08 Å². The third kappa shape index (κ3) is 5.01. The minimum Gasteiger partial charge on any atom is -0.497 e. The zero-order chi connectivity index (χ0) is 18.2. The number of hydrogen-bond donors (Lipinski definition) is 1. The highest BCUT2D eigenvalue weighted by Crippen LogP contribution is 2.30. The van der Waals surface area contributed by atoms with E-state index >= 15 is 0 Å². The number of rotatable bonds is 8. The quantitative estimate of drug-likeness (QED) is 0.730. The van der Waals surface area contributed by atoms with Gasteiger partial charge < -0.3 is 19.3 Å². The Morgan fingerprint density at radius 2 is 1.76 bits per heavy atom. The molecule has 0 amide bonds. The maximum Gasteiger partial charge on any atom is 0.331 e. The van der Waals surface area contributed by atoms with Gasteiger partial charge in [0.2, 0.25) is 0 Å². The van der Waals surface area contributed by atoms with Crippen LogP contribution in [0.5, 0.6) is 17.2 Å². The summed E-state index contributed by atoms with van der Waals surface area (Å²) in [5, 5.41) is 9.13. The van der Waals surface area contributed by atoms with Crippen molar-refractivity contribution in [1.29, 1.82) is 0 Å². The van der Waals surface area contributed by atoms with Crippen molar-refractivity contribution in [2.45, 2.75) is 20.0 Å². The first-order chi connectivity index (χ1) is 12.1. The van der Waals surface area contributed by atoms with E-state index in [9.17, 15) is 4.79 Å². The lowest BCUT2D eigenvalue weighted by atomic mass is 10.1. The zero-order valence-electron chi connectivity index (χ0n) is 14.6. The zero-order valence-corrected chi connectivity index (χ0v) is 14.6. The van der Waals surface area contributed by atoms with Crippen molar-refractivity contribution in [3.05, 3.63) is 59.2 Å². The predicted octanol–water partition coefficient (Wildman–Crippen LogP) is 4.16. The molecule has 0 saturated carbocycles. The Morgan fingerprint density at radius 1 is 1.04 bits per heavy atom. The van der Waals surface area contributed by atoms with Crippen molar-refractivity contribution in [3.63, 3.8) is 0 Å². The molecule has 0 saturated heterocycles. The Kier molecular flexibility index (Phi) is 6.46. The van der Waals surface area contributed by atoms with Crippen LogP contribution in [-0.4, -0.2) is 25.3 Å². The Morgan fingerprint density at radius 3 is 2.32 bits per heavy atom. The average molecular weight is 342 g/mol. The molecule has 0 fully saturated rings. The van der Waals surface area contributed by atoms with Gasteiger partial charge in [0.15, 0.2) is 11.5 Å². The number of hydrogen-bond acceptors (Lipinski definition) is 4. The number of carboxylic acid groups (broad SMARTS) is 1. The molecule has 0 unspecified atom stereocenters. The van der Waals surface area contributed by atoms with Crippen molar-refractivity contribution < 1.29 is 24.1 Å². The van der Waals surface area contributed by atoms with Crippen molar-refractivity contribution in [3.8, 4) is 17.2 Å². The molecule has 0 heterocycles. The summed E-state index contributed by atoms with van der Waals surface area (Å²) in [6.07, 6.45) is 2.09. The summed E-state index contributed by atoms with van der Waals surface area (Å²) >= 11 is 0. The summed E-state index contributed by atoms with van der Waals surface area (Å²) in [5.74, 6) is 1.04. The van der Waals surface area contributed by atoms with Gasteiger partial charge in [-0.1, -0.05) is 25.1 Å². The fourth-order valence-corrected chi connectivity index (χ4v) is 2.29. The molecule has 2 rings (SSSR count). The maximum atomic E-state index is 11.1. The van der Waals surface area contributed by atoms with Crippen molar-refractivity contribution in [1.82, 2.24) is 0 Å². The highest BCUT2D eigenvalue weighted by atomic mass is 16.5. The van der Waals surface area contributed by atoms with Crippen molar-refractivity contribution >= 4 is 12.0 Å². The number of methoxy groups -OCH3 is 2. The molecule has 1 N–H and O–H groups in total. The van der Waals surface area contributed by atoms with Gasteiger partial charge in [0.05, 0.1) is 14.2 Å². The molecule has 5 nitrogen and oxygen atoms in total. The Hall–Kier alpha value is -2.95. The molecule has 0 bridgehead atoms. The monoisotopic (exact) mass is 342 g/mol. The van der Waals surface area contributed by atoms with Gasteiger partial charge in [0, 0.05) is 5.57 Å². The van der Waals surface area contributed by atoms with Crippen LogP contribution in [0.1, 0.15) is 24.5 Å². The number of benzene rings is 2. The smallest absolute Gasteiger partial charge is 0.331 e. The van der Waals surface area contributed by atoms with Crippen molar-refractivity contribution in [2.75, 3.05) is 14.2 Å². The second kappa shape index (κ2) is 8.78. The van der Waals surface area contributed by atoms with Crippen LogP contribution >= 0.6 is 0 Å². The van der Waals surface area contributed by atoms with E-state index in [0.29, 0.717) is 30.1 Å². The molecule has 5 heteroatoms. The lowest BCUT2D eigenvalue weighted by molar-refractivity contribution is -0.132. The molecular formula is C20H22O5. The topological polar surface area (TPSA) is 65.0 Å². The molecule has 0 aliphatic rings. The van der Waals surface area contributed by atoms with Crippen LogP contribution in [0, 0.1) is 0 Å². The number of ether oxygens (including phenoxy) is 3. The lowest BCUT2D eigenvalue weighted by Crippen LogP contribution is -2.00. The first-order valence-corrected chi connectivity index (χ1v) is 7.95. The van der Waals surface area contributed by atoms with E-state index in [1.54, 1.807) is 32.4 Å². The van der Waals surface area contributed by atoms with Crippen LogP contribution in [-0.2, 0) is 11.4 Å². The predicted molar refractivity (Wildman–Crippen MR) is 96.2 cm³/mol. The van der Waals surface area contributed by atoms with E-state index in [-0.39, 0.29) is 0 Å². The SMILES string of the molecule is CC/C(=C/c1ccc(OCc2ccc(OC)cc2)c(OC)c1)C(=O)O. The maximum absolute atomic E-state index is 11.1. The van der Waals surface area contributed by atoms with Crippen LogP contribution in [0.3, 0.4) is 0 Å². The van der Waals surface area contributed by atoms with Gasteiger partial charge in [0.25, 0.3) is 0 Å². The molecule has 0 aromatic heterocycles. The molecule has 0 aliphatic heterocycles. The Labute approximate surface area is 147 Å². The Bertz CT molecular complexity index is 747. The first-order valence-electron chi connectivity index (χ1n) is 7.95. The molecule has 2 aromatic carbocycles. The number of carboxylic acids is 1. The minimum absolute atomic E-state index is 0.342. The van der Waals surface area contributed by atoms with Gasteiger partial charge in [0.1, 0.15) is 12.4 Å². The van der Waals surface area contributed by atoms with Gasteiger partial charge in [-0.2, -0.15) is 0 Å². The molecule has 0 radical (unpaired) electrons. The fraction of sp³-hybridized carbons (Fsp3) is 0.250. The van der Waals surface area contributed by atoms with E-state index < -0.39 is 5.97 Å². The summed E-state index contributed by atoms with van der Waals surface area (Å²) in [6, 6.07) is 13.0.